The fraction of sp³-hybridized carbons (Fsp3) is 0.120. The molecule has 0 fully saturated rings. The van der Waals surface area contributed by atoms with Crippen molar-refractivity contribution in [2.24, 2.45) is 5.10 Å². The first-order chi connectivity index (χ1) is 17.5. The molecular formula is C25H17BrF3N3O5. The van der Waals surface area contributed by atoms with Crippen LogP contribution in [0, 0.1) is 10.1 Å². The lowest BCUT2D eigenvalue weighted by atomic mass is 10.1. The average molecular weight is 576 g/mol. The molecule has 1 aliphatic heterocycles. The van der Waals surface area contributed by atoms with Crippen molar-refractivity contribution in [3.05, 3.63) is 92.0 Å². The second-order valence-electron chi connectivity index (χ2n) is 7.77. The number of alkyl halides is 3. The molecular weight excluding hydrogens is 559 g/mol. The van der Waals surface area contributed by atoms with Gasteiger partial charge < -0.3 is 9.47 Å². The number of para-hydroxylation sites is 1. The van der Waals surface area contributed by atoms with Crippen LogP contribution in [0.25, 0.3) is 6.08 Å². The van der Waals surface area contributed by atoms with Gasteiger partial charge in [0.15, 0.2) is 11.5 Å². The number of benzene rings is 3. The minimum atomic E-state index is -4.76. The smallest absolute Gasteiger partial charge is 0.416 e. The summed E-state index contributed by atoms with van der Waals surface area (Å²) in [7, 11) is 1.33. The van der Waals surface area contributed by atoms with Gasteiger partial charge in [-0.05, 0) is 70.9 Å². The van der Waals surface area contributed by atoms with E-state index in [1.807, 2.05) is 6.07 Å². The molecule has 3 aromatic carbocycles. The first-order valence-electron chi connectivity index (χ1n) is 10.6. The van der Waals surface area contributed by atoms with Crippen LogP contribution < -0.4 is 14.5 Å². The van der Waals surface area contributed by atoms with Crippen LogP contribution in [0.2, 0.25) is 0 Å². The van der Waals surface area contributed by atoms with Crippen LogP contribution in [-0.2, 0) is 11.0 Å². The summed E-state index contributed by atoms with van der Waals surface area (Å²) in [6.45, 7) is 1.69. The molecule has 1 aliphatic rings. The number of carbonyl (C=O) groups is 1. The van der Waals surface area contributed by atoms with E-state index in [9.17, 15) is 28.1 Å². The van der Waals surface area contributed by atoms with Gasteiger partial charge in [0.25, 0.3) is 5.91 Å². The maximum atomic E-state index is 13.0. The van der Waals surface area contributed by atoms with Gasteiger partial charge in [-0.2, -0.15) is 23.3 Å². The monoisotopic (exact) mass is 575 g/mol. The maximum Gasteiger partial charge on any atom is 0.416 e. The number of halogens is 4. The van der Waals surface area contributed by atoms with E-state index in [-0.39, 0.29) is 21.9 Å². The molecule has 12 heteroatoms. The molecule has 3 aromatic rings. The summed E-state index contributed by atoms with van der Waals surface area (Å²) in [5.74, 6) is -0.619. The third-order valence-corrected chi connectivity index (χ3v) is 5.91. The second-order valence-corrected chi connectivity index (χ2v) is 8.62. The molecule has 0 aliphatic carbocycles. The molecule has 1 heterocycles. The number of nitro benzene ring substituents is 1. The van der Waals surface area contributed by atoms with Crippen LogP contribution in [0.1, 0.15) is 18.1 Å². The van der Waals surface area contributed by atoms with Crippen molar-refractivity contribution < 1.29 is 32.4 Å². The Morgan fingerprint density at radius 3 is 2.41 bits per heavy atom. The van der Waals surface area contributed by atoms with Crippen molar-refractivity contribution in [1.29, 1.82) is 0 Å². The third kappa shape index (κ3) is 5.33. The van der Waals surface area contributed by atoms with Gasteiger partial charge >= 0.3 is 11.9 Å². The first kappa shape index (κ1) is 25.9. The molecule has 1 amide bonds. The molecule has 0 atom stereocenters. The summed E-state index contributed by atoms with van der Waals surface area (Å²) in [6, 6.07) is 14.0. The lowest BCUT2D eigenvalue weighted by Gasteiger charge is -2.15. The predicted octanol–water partition coefficient (Wildman–Crippen LogP) is 6.98. The fourth-order valence-corrected chi connectivity index (χ4v) is 4.09. The number of nitrogens with zero attached hydrogens (tertiary/aromatic N) is 3. The van der Waals surface area contributed by atoms with Gasteiger partial charge in [0, 0.05) is 6.07 Å². The number of carbonyl (C=O) groups excluding carboxylic acids is 1. The number of hydrogen-bond acceptors (Lipinski definition) is 6. The van der Waals surface area contributed by atoms with Gasteiger partial charge in [0.2, 0.25) is 5.75 Å². The highest BCUT2D eigenvalue weighted by molar-refractivity contribution is 9.10. The Labute approximate surface area is 216 Å². The topological polar surface area (TPSA) is 94.3 Å². The Kier molecular flexibility index (Phi) is 7.03. The van der Waals surface area contributed by atoms with E-state index in [0.717, 1.165) is 6.07 Å². The normalized spacial score (nSPS) is 14.6. The number of anilines is 1. The molecule has 37 heavy (non-hydrogen) atoms. The summed E-state index contributed by atoms with van der Waals surface area (Å²) in [5.41, 5.74) is -0.0853. The Morgan fingerprint density at radius 2 is 1.78 bits per heavy atom. The maximum absolute atomic E-state index is 13.0. The van der Waals surface area contributed by atoms with Crippen LogP contribution in [0.5, 0.6) is 17.2 Å². The van der Waals surface area contributed by atoms with Crippen molar-refractivity contribution >= 4 is 45.0 Å². The summed E-state index contributed by atoms with van der Waals surface area (Å²) in [5, 5.41) is 17.0. The highest BCUT2D eigenvalue weighted by atomic mass is 79.9. The molecule has 0 bridgehead atoms. The van der Waals surface area contributed by atoms with E-state index in [1.54, 1.807) is 43.3 Å². The molecule has 0 saturated heterocycles. The second kappa shape index (κ2) is 10.1. The zero-order valence-electron chi connectivity index (χ0n) is 19.2. The third-order valence-electron chi connectivity index (χ3n) is 5.32. The highest BCUT2D eigenvalue weighted by Gasteiger charge is 2.34. The van der Waals surface area contributed by atoms with Crippen molar-refractivity contribution in [1.82, 2.24) is 0 Å². The van der Waals surface area contributed by atoms with Gasteiger partial charge in [-0.25, -0.2) is 0 Å². The number of nitro groups is 1. The van der Waals surface area contributed by atoms with Gasteiger partial charge in [0.05, 0.1) is 39.0 Å². The Morgan fingerprint density at radius 1 is 1.08 bits per heavy atom. The Hall–Kier alpha value is -4.19. The van der Waals surface area contributed by atoms with E-state index in [1.165, 1.54) is 18.2 Å². The van der Waals surface area contributed by atoms with Crippen molar-refractivity contribution in [2.75, 3.05) is 12.1 Å². The predicted molar refractivity (Wildman–Crippen MR) is 134 cm³/mol. The van der Waals surface area contributed by atoms with E-state index in [0.29, 0.717) is 34.7 Å². The van der Waals surface area contributed by atoms with E-state index < -0.39 is 28.1 Å². The van der Waals surface area contributed by atoms with Crippen LogP contribution in [-0.4, -0.2) is 23.7 Å². The molecule has 0 N–H and O–H groups in total. The number of methoxy groups -OCH3 is 1. The Balaban J connectivity index is 1.68. The van der Waals surface area contributed by atoms with E-state index in [4.69, 9.17) is 9.47 Å². The van der Waals surface area contributed by atoms with Gasteiger partial charge in [0.1, 0.15) is 0 Å². The van der Waals surface area contributed by atoms with Crippen molar-refractivity contribution in [3.8, 4) is 17.2 Å². The Bertz CT molecular complexity index is 1460. The zero-order valence-corrected chi connectivity index (χ0v) is 20.8. The van der Waals surface area contributed by atoms with Crippen molar-refractivity contribution in [3.63, 3.8) is 0 Å². The lowest BCUT2D eigenvalue weighted by molar-refractivity contribution is -0.385. The summed E-state index contributed by atoms with van der Waals surface area (Å²) < 4.78 is 50.4. The highest BCUT2D eigenvalue weighted by Crippen LogP contribution is 2.44. The number of amides is 1. The largest absolute Gasteiger partial charge is 0.493 e. The standard InChI is InChI=1S/C25H17BrF3N3O5/c1-14-18(24(33)31(30-14)17-6-4-3-5-7-17)10-15-11-19(26)23(22(12-15)36-2)37-21-9-8-16(25(27,28)29)13-20(21)32(34)35/h3-13H,1-2H3/b18-10+. The zero-order chi connectivity index (χ0) is 26.9. The molecule has 8 nitrogen and oxygen atoms in total. The lowest BCUT2D eigenvalue weighted by Crippen LogP contribution is -2.21. The molecule has 0 aromatic heterocycles. The minimum Gasteiger partial charge on any atom is -0.493 e. The van der Waals surface area contributed by atoms with Gasteiger partial charge in [-0.1, -0.05) is 18.2 Å². The summed E-state index contributed by atoms with van der Waals surface area (Å²) in [6.07, 6.45) is -3.16. The molecule has 0 unspecified atom stereocenters. The van der Waals surface area contributed by atoms with E-state index >= 15 is 0 Å². The number of rotatable bonds is 6. The van der Waals surface area contributed by atoms with Crippen LogP contribution >= 0.6 is 15.9 Å². The van der Waals surface area contributed by atoms with Gasteiger partial charge in [-0.15, -0.1) is 0 Å². The van der Waals surface area contributed by atoms with Crippen LogP contribution in [0.4, 0.5) is 24.5 Å². The van der Waals surface area contributed by atoms with E-state index in [2.05, 4.69) is 21.0 Å². The molecule has 4 rings (SSSR count). The molecule has 190 valence electrons. The first-order valence-corrected chi connectivity index (χ1v) is 11.4. The molecule has 0 spiro atoms. The average Bonchev–Trinajstić information content (AvgIpc) is 3.13. The molecule has 0 saturated carbocycles. The number of ether oxygens (including phenoxy) is 2. The minimum absolute atomic E-state index is 0.00144. The SMILES string of the molecule is COc1cc(/C=C2/C(=O)N(c3ccccc3)N=C2C)cc(Br)c1Oc1ccc(C(F)(F)F)cc1[N+](=O)[O-]. The molecule has 0 radical (unpaired) electrons. The number of hydrogen-bond donors (Lipinski definition) is 0. The number of hydrazone groups is 1. The van der Waals surface area contributed by atoms with Gasteiger partial charge in [-0.3, -0.25) is 14.9 Å². The summed E-state index contributed by atoms with van der Waals surface area (Å²) >= 11 is 3.32. The fourth-order valence-electron chi connectivity index (χ4n) is 3.55. The van der Waals surface area contributed by atoms with Crippen LogP contribution in [0.15, 0.2) is 75.8 Å². The quantitative estimate of drug-likeness (QED) is 0.179. The van der Waals surface area contributed by atoms with Crippen molar-refractivity contribution in [2.45, 2.75) is 13.1 Å². The van der Waals surface area contributed by atoms with Crippen LogP contribution in [0.3, 0.4) is 0 Å². The summed E-state index contributed by atoms with van der Waals surface area (Å²) in [4.78, 5) is 23.5.